The number of halogens is 2. The van der Waals surface area contributed by atoms with Gasteiger partial charge in [-0.1, -0.05) is 29.8 Å². The normalized spacial score (nSPS) is 10.7. The maximum atomic E-state index is 13.7. The van der Waals surface area contributed by atoms with Crippen molar-refractivity contribution in [1.82, 2.24) is 19.6 Å². The van der Waals surface area contributed by atoms with Gasteiger partial charge < -0.3 is 10.1 Å². The van der Waals surface area contributed by atoms with E-state index in [1.165, 1.54) is 24.1 Å². The van der Waals surface area contributed by atoms with Crippen LogP contribution in [0.3, 0.4) is 0 Å². The van der Waals surface area contributed by atoms with Crippen LogP contribution >= 0.6 is 11.6 Å². The van der Waals surface area contributed by atoms with Crippen LogP contribution in [0.1, 0.15) is 5.56 Å². The molecule has 0 saturated carbocycles. The molecular formula is C16H14ClFN6O4. The number of nitrogens with one attached hydrogen (secondary N) is 1. The average Bonchev–Trinajstić information content (AvgIpc) is 3.20. The van der Waals surface area contributed by atoms with Gasteiger partial charge in [0.25, 0.3) is 0 Å². The van der Waals surface area contributed by atoms with Gasteiger partial charge >= 0.3 is 11.6 Å². The summed E-state index contributed by atoms with van der Waals surface area (Å²) in [6, 6.07) is 6.22. The van der Waals surface area contributed by atoms with Crippen molar-refractivity contribution in [3.05, 3.63) is 63.2 Å². The second-order valence-electron chi connectivity index (χ2n) is 5.64. The molecule has 1 N–H and O–H groups in total. The van der Waals surface area contributed by atoms with Crippen molar-refractivity contribution >= 4 is 29.0 Å². The van der Waals surface area contributed by atoms with Crippen LogP contribution in [0.5, 0.6) is 5.88 Å². The summed E-state index contributed by atoms with van der Waals surface area (Å²) in [5.41, 5.74) is 0.0537. The van der Waals surface area contributed by atoms with Crippen molar-refractivity contribution in [2.75, 3.05) is 12.4 Å². The molecule has 3 rings (SSSR count). The number of methoxy groups -OCH3 is 1. The highest BCUT2D eigenvalue weighted by atomic mass is 35.5. The summed E-state index contributed by atoms with van der Waals surface area (Å²) in [7, 11) is 1.24. The van der Waals surface area contributed by atoms with E-state index in [2.05, 4.69) is 15.5 Å². The number of carbonyl (C=O) groups excluding carboxylic acids is 1. The highest BCUT2D eigenvalue weighted by molar-refractivity contribution is 6.33. The lowest BCUT2D eigenvalue weighted by molar-refractivity contribution is -0.385. The Morgan fingerprint density at radius 1 is 1.32 bits per heavy atom. The number of hydrogen-bond donors (Lipinski definition) is 1. The van der Waals surface area contributed by atoms with Gasteiger partial charge in [0.05, 0.1) is 18.6 Å². The molecule has 0 saturated heterocycles. The van der Waals surface area contributed by atoms with Crippen molar-refractivity contribution in [3.63, 3.8) is 0 Å². The molecule has 0 aliphatic carbocycles. The third-order valence-corrected chi connectivity index (χ3v) is 3.95. The van der Waals surface area contributed by atoms with Crippen molar-refractivity contribution in [2.24, 2.45) is 0 Å². The Kier molecular flexibility index (Phi) is 5.54. The molecule has 0 bridgehead atoms. The number of nitro groups is 1. The number of carbonyl (C=O) groups is 1. The molecule has 0 atom stereocenters. The average molecular weight is 409 g/mol. The van der Waals surface area contributed by atoms with Crippen LogP contribution < -0.4 is 10.1 Å². The van der Waals surface area contributed by atoms with Gasteiger partial charge in [-0.15, -0.1) is 5.10 Å². The fourth-order valence-corrected chi connectivity index (χ4v) is 2.63. The molecule has 0 aliphatic rings. The van der Waals surface area contributed by atoms with Gasteiger partial charge in [-0.25, -0.2) is 4.39 Å². The topological polar surface area (TPSA) is 117 Å². The van der Waals surface area contributed by atoms with E-state index in [9.17, 15) is 19.3 Å². The minimum atomic E-state index is -0.665. The summed E-state index contributed by atoms with van der Waals surface area (Å²) in [6.45, 7) is -0.189. The number of rotatable bonds is 7. The summed E-state index contributed by atoms with van der Waals surface area (Å²) < 4.78 is 21.0. The molecule has 1 aromatic carbocycles. The monoisotopic (exact) mass is 408 g/mol. The Labute approximate surface area is 162 Å². The van der Waals surface area contributed by atoms with Gasteiger partial charge in [-0.05, 0) is 6.07 Å². The molecule has 0 radical (unpaired) electrons. The van der Waals surface area contributed by atoms with E-state index in [-0.39, 0.29) is 41.3 Å². The molecular weight excluding hydrogens is 395 g/mol. The van der Waals surface area contributed by atoms with Crippen LogP contribution in [0.15, 0.2) is 36.7 Å². The summed E-state index contributed by atoms with van der Waals surface area (Å²) in [4.78, 5) is 22.4. The number of anilines is 1. The lowest BCUT2D eigenvalue weighted by atomic mass is 10.2. The number of nitrogens with zero attached hydrogens (tertiary/aromatic N) is 5. The number of amides is 1. The summed E-state index contributed by atoms with van der Waals surface area (Å²) >= 11 is 6.07. The number of aromatic nitrogens is 4. The summed E-state index contributed by atoms with van der Waals surface area (Å²) in [5, 5.41) is 21.5. The van der Waals surface area contributed by atoms with E-state index in [0.717, 1.165) is 10.9 Å². The van der Waals surface area contributed by atoms with Crippen LogP contribution in [0.4, 0.5) is 15.9 Å². The molecule has 1 amide bonds. The van der Waals surface area contributed by atoms with Gasteiger partial charge in [0.1, 0.15) is 23.6 Å². The Morgan fingerprint density at radius 2 is 2.07 bits per heavy atom. The predicted molar refractivity (Wildman–Crippen MR) is 96.8 cm³/mol. The van der Waals surface area contributed by atoms with E-state index >= 15 is 0 Å². The molecule has 0 aliphatic heterocycles. The van der Waals surface area contributed by atoms with Crippen molar-refractivity contribution in [1.29, 1.82) is 0 Å². The minimum absolute atomic E-state index is 0.0802. The largest absolute Gasteiger partial charge is 0.475 e. The molecule has 0 fully saturated rings. The van der Waals surface area contributed by atoms with Crippen molar-refractivity contribution < 1.29 is 18.8 Å². The SMILES string of the molecule is COc1nn(CC(=O)Nc2nn(Cc3ccccc3F)cc2Cl)cc1[N+](=O)[O-]. The van der Waals surface area contributed by atoms with Gasteiger partial charge in [0, 0.05) is 11.8 Å². The minimum Gasteiger partial charge on any atom is -0.475 e. The second kappa shape index (κ2) is 8.05. The Hall–Kier alpha value is -3.47. The van der Waals surface area contributed by atoms with Gasteiger partial charge in [0.15, 0.2) is 5.82 Å². The summed E-state index contributed by atoms with van der Waals surface area (Å²) in [5.74, 6) is -1.06. The van der Waals surface area contributed by atoms with Crippen LogP contribution in [0.2, 0.25) is 5.02 Å². The van der Waals surface area contributed by atoms with Crippen LogP contribution in [-0.2, 0) is 17.9 Å². The van der Waals surface area contributed by atoms with Crippen LogP contribution in [-0.4, -0.2) is 37.5 Å². The molecule has 12 heteroatoms. The maximum absolute atomic E-state index is 13.7. The number of hydrogen-bond acceptors (Lipinski definition) is 6. The molecule has 2 heterocycles. The fourth-order valence-electron chi connectivity index (χ4n) is 2.43. The van der Waals surface area contributed by atoms with Gasteiger partial charge in [-0.3, -0.25) is 24.3 Å². The maximum Gasteiger partial charge on any atom is 0.350 e. The lowest BCUT2D eigenvalue weighted by Gasteiger charge is -2.04. The first kappa shape index (κ1) is 19.3. The molecule has 2 aromatic heterocycles. The predicted octanol–water partition coefficient (Wildman–Crippen LogP) is 2.48. The van der Waals surface area contributed by atoms with E-state index < -0.39 is 10.8 Å². The Balaban J connectivity index is 1.69. The number of benzene rings is 1. The zero-order valence-corrected chi connectivity index (χ0v) is 15.3. The molecule has 0 unspecified atom stereocenters. The molecule has 3 aromatic rings. The highest BCUT2D eigenvalue weighted by Crippen LogP contribution is 2.24. The zero-order chi connectivity index (χ0) is 20.3. The van der Waals surface area contributed by atoms with Crippen LogP contribution in [0, 0.1) is 15.9 Å². The first-order valence-corrected chi connectivity index (χ1v) is 8.27. The van der Waals surface area contributed by atoms with Gasteiger partial charge in [-0.2, -0.15) is 5.10 Å². The highest BCUT2D eigenvalue weighted by Gasteiger charge is 2.21. The number of ether oxygens (including phenoxy) is 1. The third kappa shape index (κ3) is 4.26. The third-order valence-electron chi connectivity index (χ3n) is 3.67. The first-order chi connectivity index (χ1) is 13.4. The quantitative estimate of drug-likeness (QED) is 0.474. The first-order valence-electron chi connectivity index (χ1n) is 7.89. The van der Waals surface area contributed by atoms with E-state index in [0.29, 0.717) is 5.56 Å². The van der Waals surface area contributed by atoms with E-state index in [1.807, 2.05) is 0 Å². The fraction of sp³-hybridized carbons (Fsp3) is 0.188. The Morgan fingerprint density at radius 3 is 2.71 bits per heavy atom. The van der Waals surface area contributed by atoms with E-state index in [1.54, 1.807) is 18.2 Å². The zero-order valence-electron chi connectivity index (χ0n) is 14.5. The molecule has 10 nitrogen and oxygen atoms in total. The van der Waals surface area contributed by atoms with E-state index in [4.69, 9.17) is 16.3 Å². The lowest BCUT2D eigenvalue weighted by Crippen LogP contribution is -2.19. The smallest absolute Gasteiger partial charge is 0.350 e. The van der Waals surface area contributed by atoms with Gasteiger partial charge in [0.2, 0.25) is 5.91 Å². The molecule has 0 spiro atoms. The molecule has 28 heavy (non-hydrogen) atoms. The second-order valence-corrected chi connectivity index (χ2v) is 6.05. The molecule has 146 valence electrons. The van der Waals surface area contributed by atoms with Crippen LogP contribution in [0.25, 0.3) is 0 Å². The summed E-state index contributed by atoms with van der Waals surface area (Å²) in [6.07, 6.45) is 2.53. The van der Waals surface area contributed by atoms with Crippen molar-refractivity contribution in [2.45, 2.75) is 13.1 Å². The Bertz CT molecular complexity index is 1030. The standard InChI is InChI=1S/C16H14ClFN6O4/c1-28-16-13(24(26)27)8-23(21-16)9-14(25)19-15-11(17)7-22(20-15)6-10-4-2-3-5-12(10)18/h2-5,7-8H,6,9H2,1H3,(H,19,20,25). The van der Waals surface area contributed by atoms with Crippen molar-refractivity contribution in [3.8, 4) is 5.88 Å².